The van der Waals surface area contributed by atoms with Gasteiger partial charge in [-0.1, -0.05) is 72.8 Å². The van der Waals surface area contributed by atoms with Crippen LogP contribution >= 0.6 is 0 Å². The molecule has 0 saturated heterocycles. The van der Waals surface area contributed by atoms with Crippen molar-refractivity contribution in [1.29, 1.82) is 0 Å². The van der Waals surface area contributed by atoms with E-state index in [-0.39, 0.29) is 17.5 Å². The molecule has 1 unspecified atom stereocenters. The van der Waals surface area contributed by atoms with Crippen molar-refractivity contribution in [3.63, 3.8) is 0 Å². The molecule has 8 heteroatoms. The van der Waals surface area contributed by atoms with E-state index in [4.69, 9.17) is 5.10 Å². The quantitative estimate of drug-likeness (QED) is 0.353. The molecule has 3 aromatic carbocycles. The van der Waals surface area contributed by atoms with Crippen LogP contribution < -0.4 is 16.0 Å². The smallest absolute Gasteiger partial charge is 0.271 e. The Morgan fingerprint density at radius 1 is 0.970 bits per heavy atom. The standard InChI is InChI=1S/C25H21N7O/c33-24-17-27-30-25(28-24)29-26-16-18-11-13-21(14-12-18)32-23(20-9-5-2-6-10-20)15-22(31-32)19-7-3-1-4-8-19/h1-14,16-17,23H,15H2,(H2,28,29,30,33)/b26-16+. The first-order valence-electron chi connectivity index (χ1n) is 10.5. The minimum absolute atomic E-state index is 0.121. The number of anilines is 2. The molecule has 2 heterocycles. The van der Waals surface area contributed by atoms with Gasteiger partial charge in [0.25, 0.3) is 5.56 Å². The number of H-pyrrole nitrogens is 1. The average molecular weight is 435 g/mol. The van der Waals surface area contributed by atoms with Crippen LogP contribution in [0.1, 0.15) is 29.2 Å². The molecule has 0 spiro atoms. The molecular weight excluding hydrogens is 414 g/mol. The van der Waals surface area contributed by atoms with Gasteiger partial charge >= 0.3 is 0 Å². The van der Waals surface area contributed by atoms with E-state index in [1.165, 1.54) is 5.56 Å². The van der Waals surface area contributed by atoms with Crippen molar-refractivity contribution < 1.29 is 0 Å². The summed E-state index contributed by atoms with van der Waals surface area (Å²) in [7, 11) is 0. The number of hydrogen-bond acceptors (Lipinski definition) is 7. The molecule has 5 rings (SSSR count). The maximum absolute atomic E-state index is 11.3. The molecule has 4 aromatic rings. The summed E-state index contributed by atoms with van der Waals surface area (Å²) in [6, 6.07) is 28.8. The van der Waals surface area contributed by atoms with E-state index in [0.717, 1.165) is 35.1 Å². The topological polar surface area (TPSA) is 98.6 Å². The number of benzene rings is 3. The van der Waals surface area contributed by atoms with Crippen molar-refractivity contribution in [2.75, 3.05) is 10.4 Å². The van der Waals surface area contributed by atoms with Gasteiger partial charge in [-0.05, 0) is 28.8 Å². The summed E-state index contributed by atoms with van der Waals surface area (Å²) in [6.07, 6.45) is 3.58. The second kappa shape index (κ2) is 9.27. The highest BCUT2D eigenvalue weighted by atomic mass is 16.1. The molecule has 33 heavy (non-hydrogen) atoms. The fraction of sp³-hybridized carbons (Fsp3) is 0.0800. The van der Waals surface area contributed by atoms with Gasteiger partial charge in [-0.15, -0.1) is 10.2 Å². The normalized spacial score (nSPS) is 15.6. The van der Waals surface area contributed by atoms with Crippen LogP contribution in [0.2, 0.25) is 0 Å². The first-order chi connectivity index (χ1) is 16.3. The van der Waals surface area contributed by atoms with E-state index in [2.05, 4.69) is 67.1 Å². The first kappa shape index (κ1) is 20.3. The Kier molecular flexibility index (Phi) is 5.71. The van der Waals surface area contributed by atoms with Crippen LogP contribution in [0.3, 0.4) is 0 Å². The predicted octanol–water partition coefficient (Wildman–Crippen LogP) is 3.97. The van der Waals surface area contributed by atoms with Gasteiger partial charge in [0.2, 0.25) is 5.95 Å². The van der Waals surface area contributed by atoms with Crippen molar-refractivity contribution in [3.05, 3.63) is 118 Å². The van der Waals surface area contributed by atoms with E-state index in [0.29, 0.717) is 0 Å². The molecule has 0 saturated carbocycles. The Morgan fingerprint density at radius 2 is 1.70 bits per heavy atom. The van der Waals surface area contributed by atoms with Crippen LogP contribution in [0.25, 0.3) is 0 Å². The van der Waals surface area contributed by atoms with Gasteiger partial charge in [0.1, 0.15) is 6.20 Å². The lowest BCUT2D eigenvalue weighted by atomic mass is 9.98. The molecule has 0 aliphatic carbocycles. The van der Waals surface area contributed by atoms with Crippen LogP contribution in [-0.2, 0) is 0 Å². The molecule has 1 atom stereocenters. The van der Waals surface area contributed by atoms with Gasteiger partial charge in [0.15, 0.2) is 0 Å². The third-order valence-corrected chi connectivity index (χ3v) is 5.32. The predicted molar refractivity (Wildman–Crippen MR) is 130 cm³/mol. The number of aromatic nitrogens is 3. The zero-order valence-electron chi connectivity index (χ0n) is 17.7. The highest BCUT2D eigenvalue weighted by Crippen LogP contribution is 2.36. The van der Waals surface area contributed by atoms with Crippen LogP contribution in [-0.4, -0.2) is 27.1 Å². The molecule has 0 radical (unpaired) electrons. The summed E-state index contributed by atoms with van der Waals surface area (Å²) in [5.74, 6) is 0.181. The van der Waals surface area contributed by atoms with Gasteiger partial charge in [-0.3, -0.25) is 14.8 Å². The van der Waals surface area contributed by atoms with Gasteiger partial charge in [0, 0.05) is 6.42 Å². The molecule has 162 valence electrons. The van der Waals surface area contributed by atoms with Gasteiger partial charge < -0.3 is 0 Å². The number of hydrazone groups is 2. The minimum Gasteiger partial charge on any atom is -0.289 e. The third-order valence-electron chi connectivity index (χ3n) is 5.32. The van der Waals surface area contributed by atoms with Crippen LogP contribution in [0.15, 0.2) is 106 Å². The minimum atomic E-state index is -0.346. The van der Waals surface area contributed by atoms with Gasteiger partial charge in [-0.25, -0.2) is 5.43 Å². The zero-order valence-corrected chi connectivity index (χ0v) is 17.7. The van der Waals surface area contributed by atoms with E-state index in [1.54, 1.807) is 6.21 Å². The maximum Gasteiger partial charge on any atom is 0.271 e. The number of aromatic amines is 1. The van der Waals surface area contributed by atoms with E-state index < -0.39 is 0 Å². The highest BCUT2D eigenvalue weighted by molar-refractivity contribution is 6.03. The van der Waals surface area contributed by atoms with Crippen LogP contribution in [0.5, 0.6) is 0 Å². The summed E-state index contributed by atoms with van der Waals surface area (Å²) >= 11 is 0. The lowest BCUT2D eigenvalue weighted by Gasteiger charge is -2.24. The monoisotopic (exact) mass is 435 g/mol. The summed E-state index contributed by atoms with van der Waals surface area (Å²) in [5, 5.41) is 18.5. The highest BCUT2D eigenvalue weighted by Gasteiger charge is 2.29. The number of nitrogens with zero attached hydrogens (tertiary/aromatic N) is 5. The molecule has 1 aliphatic heterocycles. The van der Waals surface area contributed by atoms with Gasteiger partial charge in [0.05, 0.1) is 23.7 Å². The molecule has 0 bridgehead atoms. The first-order valence-corrected chi connectivity index (χ1v) is 10.5. The van der Waals surface area contributed by atoms with Crippen molar-refractivity contribution in [2.45, 2.75) is 12.5 Å². The van der Waals surface area contributed by atoms with Crippen molar-refractivity contribution in [1.82, 2.24) is 15.2 Å². The molecule has 8 nitrogen and oxygen atoms in total. The third kappa shape index (κ3) is 4.69. The molecule has 1 aliphatic rings. The summed E-state index contributed by atoms with van der Waals surface area (Å²) in [6.45, 7) is 0. The van der Waals surface area contributed by atoms with Crippen LogP contribution in [0.4, 0.5) is 11.6 Å². The lowest BCUT2D eigenvalue weighted by molar-refractivity contribution is 0.709. The van der Waals surface area contributed by atoms with E-state index in [1.807, 2.05) is 48.5 Å². The largest absolute Gasteiger partial charge is 0.289 e. The molecule has 2 N–H and O–H groups in total. The number of hydrogen-bond donors (Lipinski definition) is 2. The van der Waals surface area contributed by atoms with Crippen molar-refractivity contribution >= 4 is 23.6 Å². The van der Waals surface area contributed by atoms with Crippen molar-refractivity contribution in [2.24, 2.45) is 10.2 Å². The SMILES string of the molecule is O=c1cnnc(N/N=C/c2ccc(N3N=C(c4ccccc4)CC3c3ccccc3)cc2)[nH]1. The summed E-state index contributed by atoms with van der Waals surface area (Å²) < 4.78 is 0. The fourth-order valence-electron chi connectivity index (χ4n) is 3.73. The van der Waals surface area contributed by atoms with E-state index in [9.17, 15) is 4.79 Å². The summed E-state index contributed by atoms with van der Waals surface area (Å²) in [4.78, 5) is 13.8. The Balaban J connectivity index is 1.38. The second-order valence-electron chi connectivity index (χ2n) is 7.53. The number of rotatable bonds is 6. The van der Waals surface area contributed by atoms with Crippen molar-refractivity contribution in [3.8, 4) is 0 Å². The van der Waals surface area contributed by atoms with E-state index >= 15 is 0 Å². The van der Waals surface area contributed by atoms with Crippen LogP contribution in [0, 0.1) is 0 Å². The Morgan fingerprint density at radius 3 is 2.42 bits per heavy atom. The Bertz CT molecular complexity index is 1330. The molecular formula is C25H21N7O. The Hall–Kier alpha value is -4.59. The Labute approximate surface area is 190 Å². The number of nitrogens with one attached hydrogen (secondary N) is 2. The van der Waals surface area contributed by atoms with Gasteiger partial charge in [-0.2, -0.15) is 10.2 Å². The molecule has 1 aromatic heterocycles. The average Bonchev–Trinajstić information content (AvgIpc) is 3.31. The summed E-state index contributed by atoms with van der Waals surface area (Å²) in [5.41, 5.74) is 7.63. The maximum atomic E-state index is 11.3. The second-order valence-corrected chi connectivity index (χ2v) is 7.53. The zero-order chi connectivity index (χ0) is 22.5. The fourth-order valence-corrected chi connectivity index (χ4v) is 3.73. The molecule has 0 fully saturated rings. The molecule has 0 amide bonds. The lowest BCUT2D eigenvalue weighted by Crippen LogP contribution is -2.18.